The second kappa shape index (κ2) is 6.12. The van der Waals surface area contributed by atoms with Gasteiger partial charge in [-0.05, 0) is 60.5 Å². The molecule has 0 aliphatic rings. The molecule has 0 saturated heterocycles. The predicted octanol–water partition coefficient (Wildman–Crippen LogP) is 5.16. The van der Waals surface area contributed by atoms with Gasteiger partial charge in [-0.15, -0.1) is 0 Å². The molecular formula is C15H17BrClNO. The van der Waals surface area contributed by atoms with Crippen molar-refractivity contribution in [2.75, 3.05) is 0 Å². The highest BCUT2D eigenvalue weighted by molar-refractivity contribution is 9.10. The summed E-state index contributed by atoms with van der Waals surface area (Å²) in [6.45, 7) is 6.88. The van der Waals surface area contributed by atoms with E-state index >= 15 is 0 Å². The van der Waals surface area contributed by atoms with E-state index in [-0.39, 0.29) is 6.04 Å². The highest BCUT2D eigenvalue weighted by Crippen LogP contribution is 2.24. The van der Waals surface area contributed by atoms with Crippen LogP contribution in [0, 0.1) is 13.8 Å². The van der Waals surface area contributed by atoms with Crippen LogP contribution in [0.4, 0.5) is 0 Å². The van der Waals surface area contributed by atoms with Gasteiger partial charge in [0.2, 0.25) is 0 Å². The molecule has 4 heteroatoms. The third-order valence-corrected chi connectivity index (χ3v) is 4.37. The van der Waals surface area contributed by atoms with Crippen LogP contribution in [-0.4, -0.2) is 0 Å². The first-order valence-corrected chi connectivity index (χ1v) is 7.38. The van der Waals surface area contributed by atoms with Crippen molar-refractivity contribution in [2.24, 2.45) is 0 Å². The molecule has 0 spiro atoms. The van der Waals surface area contributed by atoms with Crippen LogP contribution >= 0.6 is 27.5 Å². The highest BCUT2D eigenvalue weighted by atomic mass is 79.9. The first kappa shape index (κ1) is 14.6. The van der Waals surface area contributed by atoms with Crippen molar-refractivity contribution < 1.29 is 4.42 Å². The molecule has 0 amide bonds. The van der Waals surface area contributed by atoms with Crippen LogP contribution in [0.25, 0.3) is 0 Å². The van der Waals surface area contributed by atoms with Crippen LogP contribution < -0.4 is 5.32 Å². The van der Waals surface area contributed by atoms with Gasteiger partial charge in [0.15, 0.2) is 0 Å². The minimum absolute atomic E-state index is 0.250. The van der Waals surface area contributed by atoms with Crippen LogP contribution in [0.15, 0.2) is 33.2 Å². The Kier molecular flexibility index (Phi) is 4.71. The molecule has 1 N–H and O–H groups in total. The summed E-state index contributed by atoms with van der Waals surface area (Å²) in [5, 5.41) is 4.22. The molecule has 102 valence electrons. The van der Waals surface area contributed by atoms with Gasteiger partial charge in [0.05, 0.1) is 5.02 Å². The molecule has 2 rings (SSSR count). The lowest BCUT2D eigenvalue weighted by molar-refractivity contribution is 0.489. The zero-order valence-electron chi connectivity index (χ0n) is 11.3. The summed E-state index contributed by atoms with van der Waals surface area (Å²) < 4.78 is 6.48. The number of nitrogens with one attached hydrogen (secondary N) is 1. The maximum Gasteiger partial charge on any atom is 0.105 e. The second-order valence-corrected chi connectivity index (χ2v) is 5.98. The van der Waals surface area contributed by atoms with Crippen LogP contribution in [-0.2, 0) is 6.54 Å². The molecule has 0 radical (unpaired) electrons. The van der Waals surface area contributed by atoms with E-state index in [2.05, 4.69) is 40.3 Å². The normalized spacial score (nSPS) is 12.7. The second-order valence-electron chi connectivity index (χ2n) is 4.72. The maximum atomic E-state index is 6.09. The minimum Gasteiger partial charge on any atom is -0.466 e. The fourth-order valence-corrected chi connectivity index (χ4v) is 2.56. The fourth-order valence-electron chi connectivity index (χ4n) is 2.11. The van der Waals surface area contributed by atoms with Crippen molar-refractivity contribution in [1.82, 2.24) is 5.32 Å². The van der Waals surface area contributed by atoms with Gasteiger partial charge in [0, 0.05) is 22.6 Å². The molecule has 0 bridgehead atoms. The summed E-state index contributed by atoms with van der Waals surface area (Å²) in [5.41, 5.74) is 2.37. The van der Waals surface area contributed by atoms with Gasteiger partial charge in [-0.1, -0.05) is 17.7 Å². The highest BCUT2D eigenvalue weighted by Gasteiger charge is 2.12. The summed E-state index contributed by atoms with van der Waals surface area (Å²) in [7, 11) is 0. The molecule has 1 aromatic carbocycles. The van der Waals surface area contributed by atoms with Gasteiger partial charge < -0.3 is 9.73 Å². The summed E-state index contributed by atoms with van der Waals surface area (Å²) in [4.78, 5) is 0. The molecule has 2 nitrogen and oxygen atoms in total. The largest absolute Gasteiger partial charge is 0.466 e. The standard InChI is InChI=1S/C15H17BrClNO/c1-9-6-13(11(3)19-9)10(2)18-8-12-4-5-14(16)15(17)7-12/h4-7,10,18H,8H2,1-3H3. The van der Waals surface area contributed by atoms with Crippen molar-refractivity contribution in [3.8, 4) is 0 Å². The van der Waals surface area contributed by atoms with E-state index in [0.717, 1.165) is 33.1 Å². The Bertz CT molecular complexity index is 580. The number of benzene rings is 1. The van der Waals surface area contributed by atoms with Gasteiger partial charge in [-0.2, -0.15) is 0 Å². The van der Waals surface area contributed by atoms with E-state index in [9.17, 15) is 0 Å². The molecular weight excluding hydrogens is 326 g/mol. The summed E-state index contributed by atoms with van der Waals surface area (Å²) >= 11 is 9.48. The van der Waals surface area contributed by atoms with Crippen LogP contribution in [0.2, 0.25) is 5.02 Å². The Morgan fingerprint density at radius 3 is 2.63 bits per heavy atom. The molecule has 0 fully saturated rings. The van der Waals surface area contributed by atoms with E-state index in [0.29, 0.717) is 0 Å². The lowest BCUT2D eigenvalue weighted by atomic mass is 10.1. The Labute approximate surface area is 127 Å². The summed E-state index contributed by atoms with van der Waals surface area (Å²) in [6.07, 6.45) is 0. The zero-order chi connectivity index (χ0) is 14.0. The number of hydrogen-bond acceptors (Lipinski definition) is 2. The first-order chi connectivity index (χ1) is 8.97. The Balaban J connectivity index is 2.02. The smallest absolute Gasteiger partial charge is 0.105 e. The molecule has 0 aliphatic carbocycles. The van der Waals surface area contributed by atoms with Crippen LogP contribution in [0.3, 0.4) is 0 Å². The van der Waals surface area contributed by atoms with E-state index in [4.69, 9.17) is 16.0 Å². The summed E-state index contributed by atoms with van der Waals surface area (Å²) in [5.74, 6) is 1.93. The van der Waals surface area contributed by atoms with Crippen molar-refractivity contribution in [3.05, 3.63) is 56.4 Å². The Hall–Kier alpha value is -0.770. The van der Waals surface area contributed by atoms with Gasteiger partial charge in [-0.25, -0.2) is 0 Å². The van der Waals surface area contributed by atoms with Crippen LogP contribution in [0.5, 0.6) is 0 Å². The van der Waals surface area contributed by atoms with Crippen molar-refractivity contribution in [3.63, 3.8) is 0 Å². The van der Waals surface area contributed by atoms with E-state index in [1.165, 1.54) is 5.56 Å². The molecule has 2 aromatic rings. The van der Waals surface area contributed by atoms with Gasteiger partial charge in [0.25, 0.3) is 0 Å². The predicted molar refractivity (Wildman–Crippen MR) is 82.6 cm³/mol. The fraction of sp³-hybridized carbons (Fsp3) is 0.333. The molecule has 1 unspecified atom stereocenters. The van der Waals surface area contributed by atoms with Gasteiger partial charge in [-0.3, -0.25) is 0 Å². The number of furan rings is 1. The Morgan fingerprint density at radius 2 is 2.05 bits per heavy atom. The van der Waals surface area contributed by atoms with Gasteiger partial charge in [0.1, 0.15) is 11.5 Å². The topological polar surface area (TPSA) is 25.2 Å². The van der Waals surface area contributed by atoms with E-state index in [1.807, 2.05) is 26.0 Å². The SMILES string of the molecule is Cc1cc(C(C)NCc2ccc(Br)c(Cl)c2)c(C)o1. The molecule has 1 atom stereocenters. The third kappa shape index (κ3) is 3.62. The minimum atomic E-state index is 0.250. The molecule has 0 saturated carbocycles. The number of hydrogen-bond donors (Lipinski definition) is 1. The van der Waals surface area contributed by atoms with E-state index in [1.54, 1.807) is 0 Å². The van der Waals surface area contributed by atoms with Crippen molar-refractivity contribution >= 4 is 27.5 Å². The average Bonchev–Trinajstić information content (AvgIpc) is 2.70. The number of halogens is 2. The zero-order valence-corrected chi connectivity index (χ0v) is 13.6. The molecule has 1 aromatic heterocycles. The van der Waals surface area contributed by atoms with Crippen LogP contribution in [0.1, 0.15) is 35.6 Å². The quantitative estimate of drug-likeness (QED) is 0.830. The average molecular weight is 343 g/mol. The van der Waals surface area contributed by atoms with Gasteiger partial charge >= 0.3 is 0 Å². The molecule has 0 aliphatic heterocycles. The maximum absolute atomic E-state index is 6.09. The number of aryl methyl sites for hydroxylation is 2. The lowest BCUT2D eigenvalue weighted by Crippen LogP contribution is -2.18. The summed E-state index contributed by atoms with van der Waals surface area (Å²) in [6, 6.07) is 8.33. The van der Waals surface area contributed by atoms with Crippen molar-refractivity contribution in [2.45, 2.75) is 33.4 Å². The molecule has 1 heterocycles. The Morgan fingerprint density at radius 1 is 1.32 bits per heavy atom. The van der Waals surface area contributed by atoms with E-state index < -0.39 is 0 Å². The first-order valence-electron chi connectivity index (χ1n) is 6.21. The monoisotopic (exact) mass is 341 g/mol. The molecule has 19 heavy (non-hydrogen) atoms. The third-order valence-electron chi connectivity index (χ3n) is 3.14. The lowest BCUT2D eigenvalue weighted by Gasteiger charge is -2.13. The number of rotatable bonds is 4. The van der Waals surface area contributed by atoms with Crippen molar-refractivity contribution in [1.29, 1.82) is 0 Å².